The molecule has 1 N–H and O–H groups in total. The molecule has 0 radical (unpaired) electrons. The Labute approximate surface area is 170 Å². The third-order valence-electron chi connectivity index (χ3n) is 3.54. The minimum atomic E-state index is 0.0410. The summed E-state index contributed by atoms with van der Waals surface area (Å²) < 4.78 is 32.1. The van der Waals surface area contributed by atoms with E-state index in [2.05, 4.69) is 12.6 Å². The topological polar surface area (TPSA) is 75.6 Å². The molecule has 164 valence electrons. The quantitative estimate of drug-likeness (QED) is 0.185. The molecule has 0 aromatic carbocycles. The summed E-state index contributed by atoms with van der Waals surface area (Å²) in [5.74, 6) is 0.989. The summed E-state index contributed by atoms with van der Waals surface area (Å²) in [5.41, 5.74) is 0. The number of ether oxygens (including phenoxy) is 6. The Bertz CT molecular complexity index is 236. The predicted octanol–water partition coefficient (Wildman–Crippen LogP) is 1.96. The number of hydrogen-bond acceptors (Lipinski definition) is 8. The van der Waals surface area contributed by atoms with Crippen molar-refractivity contribution in [3.05, 3.63) is 0 Å². The highest BCUT2D eigenvalue weighted by Gasteiger charge is 1.94. The van der Waals surface area contributed by atoms with Crippen molar-refractivity contribution in [1.82, 2.24) is 0 Å². The van der Waals surface area contributed by atoms with Gasteiger partial charge >= 0.3 is 0 Å². The van der Waals surface area contributed by atoms with Gasteiger partial charge in [0.05, 0.1) is 79.3 Å². The van der Waals surface area contributed by atoms with Crippen molar-refractivity contribution >= 4 is 12.6 Å². The fraction of sp³-hybridized carbons (Fsp3) is 1.00. The smallest absolute Gasteiger partial charge is 0.0701 e. The number of aliphatic hydroxyl groups is 1. The normalized spacial score (nSPS) is 11.3. The van der Waals surface area contributed by atoms with Crippen LogP contribution in [-0.4, -0.2) is 96.7 Å². The molecule has 0 aliphatic heterocycles. The highest BCUT2D eigenvalue weighted by molar-refractivity contribution is 7.80. The maximum atomic E-state index is 8.53. The third-order valence-corrected chi connectivity index (χ3v) is 3.86. The second-order valence-electron chi connectivity index (χ2n) is 5.89. The second-order valence-corrected chi connectivity index (χ2v) is 6.34. The van der Waals surface area contributed by atoms with Gasteiger partial charge in [-0.15, -0.1) is 0 Å². The maximum Gasteiger partial charge on any atom is 0.0701 e. The van der Waals surface area contributed by atoms with Crippen molar-refractivity contribution in [3.63, 3.8) is 0 Å². The summed E-state index contributed by atoms with van der Waals surface area (Å²) in [7, 11) is 0. The monoisotopic (exact) mass is 412 g/mol. The van der Waals surface area contributed by atoms with Crippen LogP contribution in [0, 0.1) is 0 Å². The van der Waals surface area contributed by atoms with Crippen LogP contribution in [0.5, 0.6) is 0 Å². The number of aliphatic hydroxyl groups excluding tert-OH is 1. The lowest BCUT2D eigenvalue weighted by Gasteiger charge is -2.08. The Morgan fingerprint density at radius 1 is 0.407 bits per heavy atom. The lowest BCUT2D eigenvalue weighted by molar-refractivity contribution is -0.0182. The molecule has 0 aliphatic rings. The average molecular weight is 413 g/mol. The maximum absolute atomic E-state index is 8.53. The standard InChI is InChI=1S/C19H40O7S/c20-6-8-22-10-12-24-14-16-26-18-17-25-15-13-23-11-9-21-7-4-2-1-3-5-19-27/h20,27H,1-19H2. The van der Waals surface area contributed by atoms with Crippen molar-refractivity contribution in [2.45, 2.75) is 32.1 Å². The average Bonchev–Trinajstić information content (AvgIpc) is 2.68. The van der Waals surface area contributed by atoms with Gasteiger partial charge in [0.25, 0.3) is 0 Å². The van der Waals surface area contributed by atoms with Crippen LogP contribution in [0.4, 0.5) is 0 Å². The SMILES string of the molecule is OCCOCCOCCOCCOCCOCCOCCCCCCCS. The van der Waals surface area contributed by atoms with Gasteiger partial charge in [0.2, 0.25) is 0 Å². The molecule has 0 heterocycles. The van der Waals surface area contributed by atoms with Crippen molar-refractivity contribution in [2.75, 3.05) is 91.6 Å². The van der Waals surface area contributed by atoms with Gasteiger partial charge in [-0.05, 0) is 18.6 Å². The Morgan fingerprint density at radius 3 is 1.15 bits per heavy atom. The van der Waals surface area contributed by atoms with E-state index < -0.39 is 0 Å². The molecule has 7 nitrogen and oxygen atoms in total. The summed E-state index contributed by atoms with van der Waals surface area (Å²) in [6, 6.07) is 0. The van der Waals surface area contributed by atoms with Crippen LogP contribution in [0.3, 0.4) is 0 Å². The first kappa shape index (κ1) is 27.1. The minimum Gasteiger partial charge on any atom is -0.394 e. The summed E-state index contributed by atoms with van der Waals surface area (Å²) in [4.78, 5) is 0. The van der Waals surface area contributed by atoms with E-state index >= 15 is 0 Å². The van der Waals surface area contributed by atoms with E-state index in [4.69, 9.17) is 33.5 Å². The lowest BCUT2D eigenvalue weighted by Crippen LogP contribution is -2.14. The Morgan fingerprint density at radius 2 is 0.741 bits per heavy atom. The highest BCUT2D eigenvalue weighted by Crippen LogP contribution is 2.03. The largest absolute Gasteiger partial charge is 0.394 e. The van der Waals surface area contributed by atoms with E-state index in [0.29, 0.717) is 72.7 Å². The predicted molar refractivity (Wildman–Crippen MR) is 109 cm³/mol. The molecule has 0 aromatic rings. The van der Waals surface area contributed by atoms with Crippen LogP contribution >= 0.6 is 12.6 Å². The number of rotatable bonds is 24. The van der Waals surface area contributed by atoms with E-state index in [1.165, 1.54) is 25.7 Å². The molecule has 0 fully saturated rings. The van der Waals surface area contributed by atoms with Gasteiger partial charge in [-0.2, -0.15) is 12.6 Å². The molecule has 0 saturated heterocycles. The molecule has 0 atom stereocenters. The van der Waals surface area contributed by atoms with Crippen molar-refractivity contribution in [1.29, 1.82) is 0 Å². The molecule has 0 saturated carbocycles. The molecule has 0 bridgehead atoms. The fourth-order valence-corrected chi connectivity index (χ4v) is 2.34. The van der Waals surface area contributed by atoms with E-state index in [1.807, 2.05) is 0 Å². The van der Waals surface area contributed by atoms with Gasteiger partial charge in [0.1, 0.15) is 0 Å². The summed E-state index contributed by atoms with van der Waals surface area (Å²) >= 11 is 4.20. The lowest BCUT2D eigenvalue weighted by atomic mass is 10.2. The molecule has 0 amide bonds. The number of thiol groups is 1. The summed E-state index contributed by atoms with van der Waals surface area (Å²) in [6.45, 7) is 6.76. The molecule has 0 spiro atoms. The van der Waals surface area contributed by atoms with Crippen molar-refractivity contribution in [3.8, 4) is 0 Å². The zero-order valence-corrected chi connectivity index (χ0v) is 17.7. The number of unbranched alkanes of at least 4 members (excludes halogenated alkanes) is 4. The Hall–Kier alpha value is 0.0700. The molecule has 0 rings (SSSR count). The molecule has 27 heavy (non-hydrogen) atoms. The van der Waals surface area contributed by atoms with Crippen molar-refractivity contribution in [2.24, 2.45) is 0 Å². The molecular formula is C19H40O7S. The molecular weight excluding hydrogens is 372 g/mol. The first-order valence-corrected chi connectivity index (χ1v) is 10.7. The van der Waals surface area contributed by atoms with Crippen LogP contribution in [0.2, 0.25) is 0 Å². The van der Waals surface area contributed by atoms with Gasteiger partial charge in [-0.1, -0.05) is 19.3 Å². The van der Waals surface area contributed by atoms with Crippen LogP contribution in [0.15, 0.2) is 0 Å². The van der Waals surface area contributed by atoms with E-state index in [0.717, 1.165) is 18.8 Å². The van der Waals surface area contributed by atoms with Gasteiger partial charge in [0.15, 0.2) is 0 Å². The molecule has 0 aromatic heterocycles. The Kier molecular flexibility index (Phi) is 26.1. The van der Waals surface area contributed by atoms with Gasteiger partial charge < -0.3 is 33.5 Å². The zero-order valence-electron chi connectivity index (χ0n) is 16.8. The van der Waals surface area contributed by atoms with E-state index in [9.17, 15) is 0 Å². The molecule has 0 aliphatic carbocycles. The van der Waals surface area contributed by atoms with E-state index in [-0.39, 0.29) is 6.61 Å². The Balaban J connectivity index is 2.95. The second kappa shape index (κ2) is 26.1. The first-order valence-electron chi connectivity index (χ1n) is 10.1. The van der Waals surface area contributed by atoms with Crippen LogP contribution in [-0.2, 0) is 28.4 Å². The fourth-order valence-electron chi connectivity index (χ4n) is 2.11. The van der Waals surface area contributed by atoms with Crippen LogP contribution in [0.25, 0.3) is 0 Å². The van der Waals surface area contributed by atoms with Crippen LogP contribution < -0.4 is 0 Å². The zero-order chi connectivity index (χ0) is 19.7. The molecule has 0 unspecified atom stereocenters. The number of hydrogen-bond donors (Lipinski definition) is 2. The van der Waals surface area contributed by atoms with Gasteiger partial charge in [0, 0.05) is 6.61 Å². The highest BCUT2D eigenvalue weighted by atomic mass is 32.1. The van der Waals surface area contributed by atoms with E-state index in [1.54, 1.807) is 0 Å². The third kappa shape index (κ3) is 26.1. The minimum absolute atomic E-state index is 0.0410. The first-order chi connectivity index (χ1) is 13.4. The molecule has 8 heteroatoms. The summed E-state index contributed by atoms with van der Waals surface area (Å²) in [6.07, 6.45) is 6.11. The van der Waals surface area contributed by atoms with Crippen molar-refractivity contribution < 1.29 is 33.5 Å². The summed E-state index contributed by atoms with van der Waals surface area (Å²) in [5, 5.41) is 8.53. The van der Waals surface area contributed by atoms with Gasteiger partial charge in [-0.25, -0.2) is 0 Å². The van der Waals surface area contributed by atoms with Crippen LogP contribution in [0.1, 0.15) is 32.1 Å². The van der Waals surface area contributed by atoms with Gasteiger partial charge in [-0.3, -0.25) is 0 Å².